The highest BCUT2D eigenvalue weighted by atomic mass is 32.2. The molecule has 1 aromatic carbocycles. The van der Waals surface area contributed by atoms with E-state index >= 15 is 0 Å². The SMILES string of the molecule is COc1ccc([C@H](NS(=O)(=O)c2ccc(C)cc2F)C2CC(O)C2)cn1. The van der Waals surface area contributed by atoms with Crippen LogP contribution in [0.25, 0.3) is 0 Å². The van der Waals surface area contributed by atoms with E-state index in [1.54, 1.807) is 25.1 Å². The van der Waals surface area contributed by atoms with Gasteiger partial charge in [0.25, 0.3) is 0 Å². The van der Waals surface area contributed by atoms with Crippen molar-refractivity contribution in [3.05, 3.63) is 53.5 Å². The van der Waals surface area contributed by atoms with Crippen LogP contribution in [0.3, 0.4) is 0 Å². The summed E-state index contributed by atoms with van der Waals surface area (Å²) in [5.74, 6) is -0.477. The Morgan fingerprint density at radius 1 is 1.31 bits per heavy atom. The zero-order valence-corrected chi connectivity index (χ0v) is 15.3. The van der Waals surface area contributed by atoms with Crippen LogP contribution in [0, 0.1) is 18.7 Å². The lowest BCUT2D eigenvalue weighted by molar-refractivity contribution is 0.0279. The van der Waals surface area contributed by atoms with Crippen LogP contribution in [-0.2, 0) is 10.0 Å². The van der Waals surface area contributed by atoms with Crippen LogP contribution >= 0.6 is 0 Å². The minimum atomic E-state index is -4.08. The minimum absolute atomic E-state index is 0.0940. The number of aliphatic hydroxyl groups is 1. The summed E-state index contributed by atoms with van der Waals surface area (Å²) >= 11 is 0. The summed E-state index contributed by atoms with van der Waals surface area (Å²) < 4.78 is 47.3. The van der Waals surface area contributed by atoms with E-state index in [0.717, 1.165) is 0 Å². The standard InChI is InChI=1S/C18H21FN2O4S/c1-11-3-5-16(15(19)7-11)26(23,24)21-18(13-8-14(22)9-13)12-4-6-17(25-2)20-10-12/h3-7,10,13-14,18,21-22H,8-9H2,1-2H3/t13?,14?,18-/m0/s1. The van der Waals surface area contributed by atoms with Crippen LogP contribution in [0.4, 0.5) is 4.39 Å². The fourth-order valence-electron chi connectivity index (χ4n) is 3.09. The van der Waals surface area contributed by atoms with E-state index in [4.69, 9.17) is 4.74 Å². The van der Waals surface area contributed by atoms with Gasteiger partial charge in [-0.1, -0.05) is 12.1 Å². The van der Waals surface area contributed by atoms with Gasteiger partial charge in [-0.2, -0.15) is 0 Å². The van der Waals surface area contributed by atoms with E-state index in [1.165, 1.54) is 25.4 Å². The molecule has 0 bridgehead atoms. The summed E-state index contributed by atoms with van der Waals surface area (Å²) in [6.07, 6.45) is 2.02. The van der Waals surface area contributed by atoms with Gasteiger partial charge in [-0.25, -0.2) is 22.5 Å². The van der Waals surface area contributed by atoms with E-state index in [2.05, 4.69) is 9.71 Å². The molecule has 3 rings (SSSR count). The Labute approximate surface area is 152 Å². The first kappa shape index (κ1) is 18.8. The Kier molecular flexibility index (Phi) is 5.27. The lowest BCUT2D eigenvalue weighted by atomic mass is 9.76. The fraction of sp³-hybridized carbons (Fsp3) is 0.389. The van der Waals surface area contributed by atoms with Crippen LogP contribution in [0.1, 0.15) is 30.0 Å². The monoisotopic (exact) mass is 380 g/mol. The van der Waals surface area contributed by atoms with Gasteiger partial charge in [0.15, 0.2) is 0 Å². The van der Waals surface area contributed by atoms with Crippen LogP contribution in [-0.4, -0.2) is 31.7 Å². The number of hydrogen-bond acceptors (Lipinski definition) is 5. The van der Waals surface area contributed by atoms with Gasteiger partial charge in [0, 0.05) is 12.3 Å². The molecule has 140 valence electrons. The first-order valence-electron chi connectivity index (χ1n) is 8.26. The van der Waals surface area contributed by atoms with Crippen LogP contribution in [0.5, 0.6) is 5.88 Å². The second kappa shape index (κ2) is 7.30. The number of nitrogens with one attached hydrogen (secondary N) is 1. The first-order chi connectivity index (χ1) is 12.3. The number of sulfonamides is 1. The van der Waals surface area contributed by atoms with Gasteiger partial charge in [-0.3, -0.25) is 0 Å². The maximum absolute atomic E-state index is 14.2. The Morgan fingerprint density at radius 3 is 2.58 bits per heavy atom. The van der Waals surface area contributed by atoms with Gasteiger partial charge in [0.05, 0.1) is 19.3 Å². The van der Waals surface area contributed by atoms with Crippen molar-refractivity contribution in [2.45, 2.75) is 36.8 Å². The number of methoxy groups -OCH3 is 1. The molecule has 26 heavy (non-hydrogen) atoms. The molecule has 1 aliphatic carbocycles. The molecule has 2 N–H and O–H groups in total. The van der Waals surface area contributed by atoms with Gasteiger partial charge in [0.2, 0.25) is 15.9 Å². The average Bonchev–Trinajstić information content (AvgIpc) is 2.57. The number of aryl methyl sites for hydroxylation is 1. The van der Waals surface area contributed by atoms with Crippen molar-refractivity contribution in [1.29, 1.82) is 0 Å². The van der Waals surface area contributed by atoms with E-state index in [9.17, 15) is 17.9 Å². The number of ether oxygens (including phenoxy) is 1. The van der Waals surface area contributed by atoms with Crippen molar-refractivity contribution < 1.29 is 22.7 Å². The lowest BCUT2D eigenvalue weighted by Crippen LogP contribution is -2.41. The second-order valence-electron chi connectivity index (χ2n) is 6.55. The Balaban J connectivity index is 1.91. The third-order valence-corrected chi connectivity index (χ3v) is 6.08. The van der Waals surface area contributed by atoms with Crippen LogP contribution in [0.2, 0.25) is 0 Å². The van der Waals surface area contributed by atoms with Gasteiger partial charge >= 0.3 is 0 Å². The van der Waals surface area contributed by atoms with Crippen molar-refractivity contribution in [1.82, 2.24) is 9.71 Å². The van der Waals surface area contributed by atoms with E-state index in [0.29, 0.717) is 29.8 Å². The average molecular weight is 380 g/mol. The van der Waals surface area contributed by atoms with Crippen molar-refractivity contribution in [2.75, 3.05) is 7.11 Å². The highest BCUT2D eigenvalue weighted by Gasteiger charge is 2.37. The quantitative estimate of drug-likeness (QED) is 0.803. The Bertz CT molecular complexity index is 881. The predicted octanol–water partition coefficient (Wildman–Crippen LogP) is 2.33. The number of pyridine rings is 1. The number of benzene rings is 1. The topological polar surface area (TPSA) is 88.5 Å². The zero-order chi connectivity index (χ0) is 18.9. The number of aromatic nitrogens is 1. The van der Waals surface area contributed by atoms with E-state index in [1.807, 2.05) is 0 Å². The third-order valence-electron chi connectivity index (χ3n) is 4.61. The number of nitrogens with zero attached hydrogens (tertiary/aromatic N) is 1. The van der Waals surface area contributed by atoms with Gasteiger partial charge in [0.1, 0.15) is 10.7 Å². The molecule has 0 aliphatic heterocycles. The molecule has 1 heterocycles. The van der Waals surface area contributed by atoms with Crippen molar-refractivity contribution in [3.63, 3.8) is 0 Å². The zero-order valence-electron chi connectivity index (χ0n) is 14.5. The molecule has 0 saturated heterocycles. The molecule has 1 saturated carbocycles. The summed E-state index contributed by atoms with van der Waals surface area (Å²) in [7, 11) is -2.58. The lowest BCUT2D eigenvalue weighted by Gasteiger charge is -2.38. The van der Waals surface area contributed by atoms with Crippen molar-refractivity contribution in [3.8, 4) is 5.88 Å². The highest BCUT2D eigenvalue weighted by molar-refractivity contribution is 7.89. The predicted molar refractivity (Wildman–Crippen MR) is 93.7 cm³/mol. The summed E-state index contributed by atoms with van der Waals surface area (Å²) in [4.78, 5) is 3.72. The summed E-state index contributed by atoms with van der Waals surface area (Å²) in [6.45, 7) is 1.69. The third kappa shape index (κ3) is 3.87. The number of aliphatic hydroxyl groups excluding tert-OH is 1. The number of rotatable bonds is 6. The summed E-state index contributed by atoms with van der Waals surface area (Å²) in [6, 6.07) is 6.74. The van der Waals surface area contributed by atoms with Gasteiger partial charge < -0.3 is 9.84 Å². The second-order valence-corrected chi connectivity index (χ2v) is 8.23. The van der Waals surface area contributed by atoms with Crippen LogP contribution < -0.4 is 9.46 Å². The van der Waals surface area contributed by atoms with Crippen LogP contribution in [0.15, 0.2) is 41.4 Å². The molecule has 0 amide bonds. The molecule has 1 aromatic heterocycles. The molecule has 0 unspecified atom stereocenters. The first-order valence-corrected chi connectivity index (χ1v) is 9.75. The summed E-state index contributed by atoms with van der Waals surface area (Å²) in [5.41, 5.74) is 1.28. The largest absolute Gasteiger partial charge is 0.481 e. The molecule has 0 radical (unpaired) electrons. The highest BCUT2D eigenvalue weighted by Crippen LogP contribution is 2.39. The molecule has 2 aromatic rings. The maximum atomic E-state index is 14.2. The Morgan fingerprint density at radius 2 is 2.04 bits per heavy atom. The van der Waals surface area contributed by atoms with Gasteiger partial charge in [-0.05, 0) is 48.9 Å². The molecule has 8 heteroatoms. The summed E-state index contributed by atoms with van der Waals surface area (Å²) in [5, 5.41) is 9.61. The van der Waals surface area contributed by atoms with Crippen molar-refractivity contribution in [2.24, 2.45) is 5.92 Å². The molecule has 0 spiro atoms. The molecule has 6 nitrogen and oxygen atoms in total. The van der Waals surface area contributed by atoms with Crippen molar-refractivity contribution >= 4 is 10.0 Å². The van der Waals surface area contributed by atoms with E-state index in [-0.39, 0.29) is 5.92 Å². The molecule has 1 atom stereocenters. The van der Waals surface area contributed by atoms with E-state index < -0.39 is 32.9 Å². The molecule has 1 aliphatic rings. The normalized spacial score (nSPS) is 21.1. The number of halogens is 1. The van der Waals surface area contributed by atoms with Gasteiger partial charge in [-0.15, -0.1) is 0 Å². The maximum Gasteiger partial charge on any atom is 0.244 e. The fourth-order valence-corrected chi connectivity index (χ4v) is 4.44. The Hall–Kier alpha value is -2.03. The molecular weight excluding hydrogens is 359 g/mol. The number of hydrogen-bond donors (Lipinski definition) is 2. The smallest absolute Gasteiger partial charge is 0.244 e. The molecule has 1 fully saturated rings. The molecular formula is C18H21FN2O4S. The minimum Gasteiger partial charge on any atom is -0.481 e.